The molecule has 0 aromatic carbocycles. The smallest absolute Gasteiger partial charge is 0.347 e. The van der Waals surface area contributed by atoms with Gasteiger partial charge in [0, 0.05) is 12.4 Å². The molecule has 14 heavy (non-hydrogen) atoms. The molecule has 0 amide bonds. The highest BCUT2D eigenvalue weighted by atomic mass is 16.3. The Hall–Kier alpha value is -1.16. The van der Waals surface area contributed by atoms with E-state index < -0.39 is 6.10 Å². The van der Waals surface area contributed by atoms with E-state index in [2.05, 4.69) is 4.98 Å². The van der Waals surface area contributed by atoms with E-state index >= 15 is 0 Å². The summed E-state index contributed by atoms with van der Waals surface area (Å²) in [6, 6.07) is 0. The number of aliphatic hydroxyl groups is 1. The summed E-state index contributed by atoms with van der Waals surface area (Å²) in [6.45, 7) is 6.01. The normalized spacial score (nSPS) is 13.2. The van der Waals surface area contributed by atoms with Gasteiger partial charge in [-0.3, -0.25) is 4.57 Å². The molecule has 0 aliphatic rings. The lowest BCUT2D eigenvalue weighted by molar-refractivity contribution is 0.105. The summed E-state index contributed by atoms with van der Waals surface area (Å²) in [6.07, 6.45) is 2.73. The molecule has 0 saturated carbocycles. The molecule has 0 aliphatic carbocycles. The zero-order valence-corrected chi connectivity index (χ0v) is 8.77. The van der Waals surface area contributed by atoms with Gasteiger partial charge in [0.1, 0.15) is 0 Å². The average Bonchev–Trinajstić information content (AvgIpc) is 2.11. The first-order chi connectivity index (χ1) is 6.50. The summed E-state index contributed by atoms with van der Waals surface area (Å²) in [5.74, 6) is 0.141. The van der Waals surface area contributed by atoms with E-state index in [0.29, 0.717) is 6.54 Å². The first-order valence-corrected chi connectivity index (χ1v) is 4.72. The Kier molecular flexibility index (Phi) is 3.41. The van der Waals surface area contributed by atoms with Crippen LogP contribution in [0.25, 0.3) is 0 Å². The molecular weight excluding hydrogens is 180 g/mol. The van der Waals surface area contributed by atoms with Gasteiger partial charge in [0.25, 0.3) is 0 Å². The van der Waals surface area contributed by atoms with Crippen LogP contribution in [0.15, 0.2) is 17.2 Å². The number of aliphatic hydroxyl groups excluding tert-OH is 1. The number of hydrogen-bond acceptors (Lipinski definition) is 3. The molecule has 1 aromatic heterocycles. The van der Waals surface area contributed by atoms with Crippen LogP contribution in [0.4, 0.5) is 0 Å². The fourth-order valence-corrected chi connectivity index (χ4v) is 1.11. The van der Waals surface area contributed by atoms with Gasteiger partial charge in [-0.15, -0.1) is 0 Å². The molecule has 1 atom stereocenters. The quantitative estimate of drug-likeness (QED) is 0.769. The van der Waals surface area contributed by atoms with Crippen molar-refractivity contribution in [2.75, 3.05) is 0 Å². The third kappa shape index (κ3) is 2.67. The van der Waals surface area contributed by atoms with Crippen LogP contribution in [-0.4, -0.2) is 20.8 Å². The van der Waals surface area contributed by atoms with E-state index in [9.17, 15) is 9.90 Å². The number of rotatable bonds is 3. The third-order valence-electron chi connectivity index (χ3n) is 2.14. The van der Waals surface area contributed by atoms with Gasteiger partial charge in [-0.2, -0.15) is 0 Å². The summed E-state index contributed by atoms with van der Waals surface area (Å²) >= 11 is 0. The zero-order valence-electron chi connectivity index (χ0n) is 8.77. The summed E-state index contributed by atoms with van der Waals surface area (Å²) in [4.78, 5) is 15.0. The maximum absolute atomic E-state index is 11.3. The van der Waals surface area contributed by atoms with Crippen molar-refractivity contribution >= 4 is 0 Å². The van der Waals surface area contributed by atoms with Crippen molar-refractivity contribution in [3.05, 3.63) is 28.4 Å². The second-order valence-corrected chi connectivity index (χ2v) is 3.88. The second-order valence-electron chi connectivity index (χ2n) is 3.88. The highest BCUT2D eigenvalue weighted by molar-refractivity contribution is 4.99. The molecule has 0 bridgehead atoms. The fourth-order valence-electron chi connectivity index (χ4n) is 1.11. The number of aromatic nitrogens is 2. The minimum Gasteiger partial charge on any atom is -0.391 e. The topological polar surface area (TPSA) is 55.1 Å². The molecule has 1 unspecified atom stereocenters. The predicted molar refractivity (Wildman–Crippen MR) is 54.1 cm³/mol. The molecule has 1 aromatic rings. The van der Waals surface area contributed by atoms with Gasteiger partial charge < -0.3 is 5.11 Å². The Morgan fingerprint density at radius 2 is 2.21 bits per heavy atom. The summed E-state index contributed by atoms with van der Waals surface area (Å²) in [5, 5.41) is 9.61. The highest BCUT2D eigenvalue weighted by Gasteiger charge is 2.10. The monoisotopic (exact) mass is 196 g/mol. The predicted octanol–water partition coefficient (Wildman–Crippen LogP) is 0.569. The van der Waals surface area contributed by atoms with Gasteiger partial charge in [-0.25, -0.2) is 9.78 Å². The minimum absolute atomic E-state index is 0.141. The fraction of sp³-hybridized carbons (Fsp3) is 0.600. The van der Waals surface area contributed by atoms with Gasteiger partial charge >= 0.3 is 5.69 Å². The number of nitrogens with zero attached hydrogens (tertiary/aromatic N) is 2. The van der Waals surface area contributed by atoms with E-state index in [-0.39, 0.29) is 11.6 Å². The van der Waals surface area contributed by atoms with Crippen LogP contribution in [0.1, 0.15) is 19.4 Å². The molecule has 0 fully saturated rings. The molecule has 78 valence electrons. The third-order valence-corrected chi connectivity index (χ3v) is 2.14. The Bertz CT molecular complexity index is 357. The summed E-state index contributed by atoms with van der Waals surface area (Å²) in [5.41, 5.74) is 0.607. The van der Waals surface area contributed by atoms with Crippen molar-refractivity contribution in [1.29, 1.82) is 0 Å². The van der Waals surface area contributed by atoms with Crippen molar-refractivity contribution in [3.63, 3.8) is 0 Å². The van der Waals surface area contributed by atoms with Crippen molar-refractivity contribution in [2.45, 2.75) is 33.4 Å². The highest BCUT2D eigenvalue weighted by Crippen LogP contribution is 2.03. The number of hydrogen-bond donors (Lipinski definition) is 1. The summed E-state index contributed by atoms with van der Waals surface area (Å²) < 4.78 is 1.44. The zero-order chi connectivity index (χ0) is 10.7. The Labute approximate surface area is 83.2 Å². The van der Waals surface area contributed by atoms with Crippen molar-refractivity contribution in [2.24, 2.45) is 5.92 Å². The lowest BCUT2D eigenvalue weighted by Crippen LogP contribution is -2.30. The van der Waals surface area contributed by atoms with E-state index in [1.54, 1.807) is 6.20 Å². The first kappa shape index (κ1) is 10.9. The molecule has 4 nitrogen and oxygen atoms in total. The molecule has 0 saturated heterocycles. The van der Waals surface area contributed by atoms with E-state index in [4.69, 9.17) is 0 Å². The maximum atomic E-state index is 11.3. The standard InChI is InChI=1S/C10H16N2O2/c1-7(2)9(13)6-12-5-8(3)4-11-10(12)14/h4-5,7,9,13H,6H2,1-3H3. The second kappa shape index (κ2) is 4.37. The maximum Gasteiger partial charge on any atom is 0.347 e. The van der Waals surface area contributed by atoms with Gasteiger partial charge in [-0.1, -0.05) is 13.8 Å². The lowest BCUT2D eigenvalue weighted by atomic mass is 10.1. The van der Waals surface area contributed by atoms with Crippen molar-refractivity contribution in [1.82, 2.24) is 9.55 Å². The van der Waals surface area contributed by atoms with Gasteiger partial charge in [0.2, 0.25) is 0 Å². The van der Waals surface area contributed by atoms with Gasteiger partial charge in [0.05, 0.1) is 12.6 Å². The van der Waals surface area contributed by atoms with Crippen molar-refractivity contribution < 1.29 is 5.11 Å². The van der Waals surface area contributed by atoms with Crippen LogP contribution in [0.2, 0.25) is 0 Å². The SMILES string of the molecule is Cc1cnc(=O)n(CC(O)C(C)C)c1. The Morgan fingerprint density at radius 3 is 2.79 bits per heavy atom. The lowest BCUT2D eigenvalue weighted by Gasteiger charge is -2.15. The molecule has 0 spiro atoms. The van der Waals surface area contributed by atoms with Gasteiger partial charge in [0.15, 0.2) is 0 Å². The minimum atomic E-state index is -0.503. The van der Waals surface area contributed by atoms with E-state index in [1.165, 1.54) is 10.8 Å². The molecule has 4 heteroatoms. The van der Waals surface area contributed by atoms with Crippen LogP contribution in [0.5, 0.6) is 0 Å². The molecule has 1 N–H and O–H groups in total. The largest absolute Gasteiger partial charge is 0.391 e. The van der Waals surface area contributed by atoms with Crippen LogP contribution < -0.4 is 5.69 Å². The average molecular weight is 196 g/mol. The van der Waals surface area contributed by atoms with Crippen LogP contribution in [0.3, 0.4) is 0 Å². The van der Waals surface area contributed by atoms with Gasteiger partial charge in [-0.05, 0) is 18.4 Å². The van der Waals surface area contributed by atoms with Crippen LogP contribution in [-0.2, 0) is 6.54 Å². The van der Waals surface area contributed by atoms with Crippen LogP contribution >= 0.6 is 0 Å². The number of aryl methyl sites for hydroxylation is 1. The Morgan fingerprint density at radius 1 is 1.57 bits per heavy atom. The van der Waals surface area contributed by atoms with E-state index in [0.717, 1.165) is 5.56 Å². The Balaban J connectivity index is 2.86. The van der Waals surface area contributed by atoms with Crippen LogP contribution in [0, 0.1) is 12.8 Å². The first-order valence-electron chi connectivity index (χ1n) is 4.72. The van der Waals surface area contributed by atoms with Crippen molar-refractivity contribution in [3.8, 4) is 0 Å². The van der Waals surface area contributed by atoms with E-state index in [1.807, 2.05) is 20.8 Å². The summed E-state index contributed by atoms with van der Waals surface area (Å²) in [7, 11) is 0. The molecular formula is C10H16N2O2. The molecule has 0 aliphatic heterocycles. The molecule has 0 radical (unpaired) electrons. The molecule has 1 rings (SSSR count). The molecule has 1 heterocycles.